The molecular formula is C22H27N3O4S. The molecule has 7 nitrogen and oxygen atoms in total. The van der Waals surface area contributed by atoms with Gasteiger partial charge in [0.05, 0.1) is 17.5 Å². The number of fused-ring (bicyclic) bond motifs is 1. The van der Waals surface area contributed by atoms with Gasteiger partial charge in [-0.05, 0) is 61.4 Å². The van der Waals surface area contributed by atoms with Crippen LogP contribution in [0.15, 0.2) is 59.6 Å². The van der Waals surface area contributed by atoms with E-state index in [0.717, 1.165) is 31.3 Å². The number of methoxy groups -OCH3 is 1. The third-order valence-corrected chi connectivity index (χ3v) is 6.49. The average molecular weight is 430 g/mol. The largest absolute Gasteiger partial charge is 0.497 e. The zero-order valence-corrected chi connectivity index (χ0v) is 18.3. The summed E-state index contributed by atoms with van der Waals surface area (Å²) in [6.07, 6.45) is 3.37. The molecule has 8 heteroatoms. The standard InChI is InChI=1S/C22H27N3O4S/c1-4-13-24(14-5-2)23-22(26)17-6-9-20(10-7-17)30(27,28)25-15-12-18-16-19(29-3)8-11-21(18)25/h6-12,15-16H,4-5,13-14H2,1-3H3,(H,23,26). The second-order valence-corrected chi connectivity index (χ2v) is 8.81. The summed E-state index contributed by atoms with van der Waals surface area (Å²) in [7, 11) is -2.23. The topological polar surface area (TPSA) is 80.6 Å². The van der Waals surface area contributed by atoms with Crippen LogP contribution >= 0.6 is 0 Å². The van der Waals surface area contributed by atoms with Crippen LogP contribution in [0, 0.1) is 0 Å². The Morgan fingerprint density at radius 2 is 1.70 bits per heavy atom. The van der Waals surface area contributed by atoms with Crippen molar-refractivity contribution in [3.63, 3.8) is 0 Å². The number of hydrazine groups is 1. The van der Waals surface area contributed by atoms with Crippen molar-refractivity contribution in [2.75, 3.05) is 20.2 Å². The van der Waals surface area contributed by atoms with E-state index in [9.17, 15) is 13.2 Å². The van der Waals surface area contributed by atoms with Crippen molar-refractivity contribution in [3.05, 3.63) is 60.3 Å². The van der Waals surface area contributed by atoms with Gasteiger partial charge in [0.2, 0.25) is 0 Å². The highest BCUT2D eigenvalue weighted by atomic mass is 32.2. The van der Waals surface area contributed by atoms with Crippen molar-refractivity contribution in [3.8, 4) is 5.75 Å². The van der Waals surface area contributed by atoms with Crippen LogP contribution < -0.4 is 10.2 Å². The molecule has 1 N–H and O–H groups in total. The summed E-state index contributed by atoms with van der Waals surface area (Å²) in [6, 6.07) is 12.9. The monoisotopic (exact) mass is 429 g/mol. The van der Waals surface area contributed by atoms with Crippen LogP contribution in [0.4, 0.5) is 0 Å². The molecule has 3 aromatic rings. The predicted octanol–water partition coefficient (Wildman–Crippen LogP) is 3.65. The molecule has 3 rings (SSSR count). The zero-order chi connectivity index (χ0) is 21.7. The van der Waals surface area contributed by atoms with Gasteiger partial charge in [0.15, 0.2) is 0 Å². The SMILES string of the molecule is CCCN(CCC)NC(=O)c1ccc(S(=O)(=O)n2ccc3cc(OC)ccc32)cc1. The molecule has 0 bridgehead atoms. The highest BCUT2D eigenvalue weighted by Crippen LogP contribution is 2.25. The lowest BCUT2D eigenvalue weighted by Gasteiger charge is -2.21. The van der Waals surface area contributed by atoms with Crippen molar-refractivity contribution in [1.82, 2.24) is 14.4 Å². The third-order valence-electron chi connectivity index (χ3n) is 4.78. The van der Waals surface area contributed by atoms with Crippen LogP contribution in [0.1, 0.15) is 37.0 Å². The van der Waals surface area contributed by atoms with E-state index >= 15 is 0 Å². The first-order valence-corrected chi connectivity index (χ1v) is 11.4. The van der Waals surface area contributed by atoms with Gasteiger partial charge in [-0.2, -0.15) is 0 Å². The lowest BCUT2D eigenvalue weighted by Crippen LogP contribution is -2.43. The fourth-order valence-corrected chi connectivity index (χ4v) is 4.65. The fraction of sp³-hybridized carbons (Fsp3) is 0.318. The van der Waals surface area contributed by atoms with Crippen LogP contribution in [0.5, 0.6) is 5.75 Å². The van der Waals surface area contributed by atoms with E-state index in [2.05, 4.69) is 19.3 Å². The quantitative estimate of drug-likeness (QED) is 0.525. The van der Waals surface area contributed by atoms with Crippen LogP contribution in [0.2, 0.25) is 0 Å². The van der Waals surface area contributed by atoms with Crippen LogP contribution in [0.25, 0.3) is 10.9 Å². The number of rotatable bonds is 9. The number of nitrogens with zero attached hydrogens (tertiary/aromatic N) is 2. The Hall–Kier alpha value is -2.84. The number of amides is 1. The Bertz CT molecular complexity index is 1110. The van der Waals surface area contributed by atoms with E-state index in [1.165, 1.54) is 34.4 Å². The number of hydrogen-bond donors (Lipinski definition) is 1. The summed E-state index contributed by atoms with van der Waals surface area (Å²) in [5.74, 6) is 0.410. The molecule has 0 aliphatic rings. The molecule has 0 spiro atoms. The summed E-state index contributed by atoms with van der Waals surface area (Å²) in [4.78, 5) is 12.6. The Kier molecular flexibility index (Phi) is 6.79. The van der Waals surface area contributed by atoms with Gasteiger partial charge < -0.3 is 4.74 Å². The second-order valence-electron chi connectivity index (χ2n) is 6.99. The van der Waals surface area contributed by atoms with Crippen molar-refractivity contribution in [1.29, 1.82) is 0 Å². The normalized spacial score (nSPS) is 11.7. The maximum Gasteiger partial charge on any atom is 0.268 e. The van der Waals surface area contributed by atoms with E-state index in [0.29, 0.717) is 16.8 Å². The molecule has 0 radical (unpaired) electrons. The van der Waals surface area contributed by atoms with Gasteiger partial charge in [-0.3, -0.25) is 10.2 Å². The minimum Gasteiger partial charge on any atom is -0.497 e. The first-order chi connectivity index (χ1) is 14.4. The van der Waals surface area contributed by atoms with Gasteiger partial charge in [0.25, 0.3) is 15.9 Å². The molecule has 0 fully saturated rings. The van der Waals surface area contributed by atoms with E-state index in [1.807, 2.05) is 5.01 Å². The number of hydrogen-bond acceptors (Lipinski definition) is 5. The molecule has 0 saturated heterocycles. The molecule has 1 heterocycles. The number of carbonyl (C=O) groups is 1. The molecule has 30 heavy (non-hydrogen) atoms. The van der Waals surface area contributed by atoms with Crippen molar-refractivity contribution >= 4 is 26.8 Å². The Balaban J connectivity index is 1.84. The maximum absolute atomic E-state index is 13.1. The minimum absolute atomic E-state index is 0.117. The number of benzene rings is 2. The number of aromatic nitrogens is 1. The fourth-order valence-electron chi connectivity index (χ4n) is 3.30. The second kappa shape index (κ2) is 9.32. The van der Waals surface area contributed by atoms with Crippen LogP contribution in [-0.2, 0) is 10.0 Å². The molecule has 2 aromatic carbocycles. The first-order valence-electron chi connectivity index (χ1n) is 9.97. The highest BCUT2D eigenvalue weighted by molar-refractivity contribution is 7.90. The number of ether oxygens (including phenoxy) is 1. The maximum atomic E-state index is 13.1. The Labute approximate surface area is 177 Å². The third kappa shape index (κ3) is 4.49. The number of nitrogens with one attached hydrogen (secondary N) is 1. The lowest BCUT2D eigenvalue weighted by atomic mass is 10.2. The molecule has 0 saturated carbocycles. The van der Waals surface area contributed by atoms with E-state index in [1.54, 1.807) is 31.4 Å². The first kappa shape index (κ1) is 21.9. The van der Waals surface area contributed by atoms with Gasteiger partial charge in [-0.15, -0.1) is 0 Å². The summed E-state index contributed by atoms with van der Waals surface area (Å²) >= 11 is 0. The molecule has 0 aliphatic heterocycles. The van der Waals surface area contributed by atoms with Gasteiger partial charge in [-0.1, -0.05) is 13.8 Å². The zero-order valence-electron chi connectivity index (χ0n) is 17.5. The molecule has 160 valence electrons. The Morgan fingerprint density at radius 3 is 2.30 bits per heavy atom. The van der Waals surface area contributed by atoms with E-state index < -0.39 is 10.0 Å². The molecular weight excluding hydrogens is 402 g/mol. The smallest absolute Gasteiger partial charge is 0.268 e. The summed E-state index contributed by atoms with van der Waals surface area (Å²) < 4.78 is 32.7. The Morgan fingerprint density at radius 1 is 1.03 bits per heavy atom. The highest BCUT2D eigenvalue weighted by Gasteiger charge is 2.20. The molecule has 0 aliphatic carbocycles. The molecule has 1 amide bonds. The average Bonchev–Trinajstić information content (AvgIpc) is 3.18. The van der Waals surface area contributed by atoms with Crippen molar-refractivity contribution < 1.29 is 17.9 Å². The molecule has 1 aromatic heterocycles. The van der Waals surface area contributed by atoms with Gasteiger partial charge in [0, 0.05) is 30.2 Å². The predicted molar refractivity (Wildman–Crippen MR) is 117 cm³/mol. The van der Waals surface area contributed by atoms with Gasteiger partial charge >= 0.3 is 0 Å². The summed E-state index contributed by atoms with van der Waals surface area (Å²) in [5, 5.41) is 2.65. The van der Waals surface area contributed by atoms with Gasteiger partial charge in [-0.25, -0.2) is 17.4 Å². The molecule has 0 unspecified atom stereocenters. The van der Waals surface area contributed by atoms with Crippen molar-refractivity contribution in [2.45, 2.75) is 31.6 Å². The van der Waals surface area contributed by atoms with Crippen LogP contribution in [0.3, 0.4) is 0 Å². The minimum atomic E-state index is -3.79. The number of carbonyl (C=O) groups excluding carboxylic acids is 1. The lowest BCUT2D eigenvalue weighted by molar-refractivity contribution is 0.0788. The van der Waals surface area contributed by atoms with E-state index in [-0.39, 0.29) is 10.8 Å². The van der Waals surface area contributed by atoms with Gasteiger partial charge in [0.1, 0.15) is 5.75 Å². The van der Waals surface area contributed by atoms with Crippen LogP contribution in [-0.4, -0.2) is 43.5 Å². The summed E-state index contributed by atoms with van der Waals surface area (Å²) in [6.45, 7) is 5.63. The van der Waals surface area contributed by atoms with Crippen molar-refractivity contribution in [2.24, 2.45) is 0 Å². The molecule has 0 atom stereocenters. The van der Waals surface area contributed by atoms with E-state index in [4.69, 9.17) is 4.74 Å². The summed E-state index contributed by atoms with van der Waals surface area (Å²) in [5.41, 5.74) is 3.86.